The molecule has 1 aromatic carbocycles. The Morgan fingerprint density at radius 2 is 1.40 bits per heavy atom. The second-order valence-corrected chi connectivity index (χ2v) is 5.68. The van der Waals surface area contributed by atoms with Crippen molar-refractivity contribution >= 4 is 0 Å². The van der Waals surface area contributed by atoms with Crippen LogP contribution in [0.4, 0.5) is 0 Å². The maximum atomic E-state index is 10.3. The van der Waals surface area contributed by atoms with Gasteiger partial charge in [-0.25, -0.2) is 0 Å². The maximum absolute atomic E-state index is 10.3. The molecule has 2 nitrogen and oxygen atoms in total. The van der Waals surface area contributed by atoms with Crippen molar-refractivity contribution in [1.29, 1.82) is 0 Å². The van der Waals surface area contributed by atoms with E-state index in [1.54, 1.807) is 0 Å². The summed E-state index contributed by atoms with van der Waals surface area (Å²) in [6.45, 7) is 6.45. The fourth-order valence-corrected chi connectivity index (χ4v) is 2.69. The summed E-state index contributed by atoms with van der Waals surface area (Å²) in [7, 11) is 0. The first-order valence-electron chi connectivity index (χ1n) is 8.21. The number of aromatic hydroxyl groups is 2. The molecule has 0 aromatic heterocycles. The molecular formula is C18H30O2. The molecule has 0 radical (unpaired) electrons. The number of phenolic OH excluding ortho intramolecular Hbond substituents is 2. The van der Waals surface area contributed by atoms with E-state index in [2.05, 4.69) is 26.8 Å². The van der Waals surface area contributed by atoms with Gasteiger partial charge in [0.1, 0.15) is 0 Å². The summed E-state index contributed by atoms with van der Waals surface area (Å²) in [5.74, 6) is 0.244. The van der Waals surface area contributed by atoms with Gasteiger partial charge in [0.25, 0.3) is 0 Å². The molecule has 0 aliphatic carbocycles. The highest BCUT2D eigenvalue weighted by atomic mass is 16.3. The van der Waals surface area contributed by atoms with E-state index in [1.807, 2.05) is 0 Å². The zero-order valence-electron chi connectivity index (χ0n) is 13.3. The van der Waals surface area contributed by atoms with Gasteiger partial charge >= 0.3 is 0 Å². The van der Waals surface area contributed by atoms with Crippen molar-refractivity contribution in [3.63, 3.8) is 0 Å². The van der Waals surface area contributed by atoms with Gasteiger partial charge < -0.3 is 10.2 Å². The largest absolute Gasteiger partial charge is 0.504 e. The molecule has 0 bridgehead atoms. The van der Waals surface area contributed by atoms with E-state index >= 15 is 0 Å². The van der Waals surface area contributed by atoms with Crippen LogP contribution in [0, 0.1) is 0 Å². The lowest BCUT2D eigenvalue weighted by Gasteiger charge is -2.16. The Kier molecular flexibility index (Phi) is 7.50. The van der Waals surface area contributed by atoms with E-state index in [-0.39, 0.29) is 11.5 Å². The summed E-state index contributed by atoms with van der Waals surface area (Å²) >= 11 is 0. The predicted octanol–water partition coefficient (Wildman–Crippen LogP) is 5.13. The molecule has 2 N–H and O–H groups in total. The first-order chi connectivity index (χ1) is 9.65. The quantitative estimate of drug-likeness (QED) is 0.486. The molecule has 0 atom stereocenters. The van der Waals surface area contributed by atoms with Crippen LogP contribution in [0.5, 0.6) is 11.5 Å². The Bertz CT molecular complexity index is 410. The SMILES string of the molecule is CCCCCc1cc(CCC)c(O)c(O)c1CCCC. The van der Waals surface area contributed by atoms with Gasteiger partial charge in [0.2, 0.25) is 0 Å². The van der Waals surface area contributed by atoms with E-state index in [9.17, 15) is 10.2 Å². The van der Waals surface area contributed by atoms with Crippen LogP contribution < -0.4 is 0 Å². The predicted molar refractivity (Wildman–Crippen MR) is 85.6 cm³/mol. The molecule has 1 aromatic rings. The van der Waals surface area contributed by atoms with Crippen molar-refractivity contribution in [2.45, 2.75) is 78.6 Å². The highest BCUT2D eigenvalue weighted by Gasteiger charge is 2.16. The first kappa shape index (κ1) is 16.9. The normalized spacial score (nSPS) is 10.9. The van der Waals surface area contributed by atoms with Gasteiger partial charge in [0.05, 0.1) is 0 Å². The van der Waals surface area contributed by atoms with E-state index in [1.165, 1.54) is 18.4 Å². The first-order valence-corrected chi connectivity index (χ1v) is 8.21. The van der Waals surface area contributed by atoms with Gasteiger partial charge in [-0.2, -0.15) is 0 Å². The summed E-state index contributed by atoms with van der Waals surface area (Å²) in [6, 6.07) is 2.12. The average Bonchev–Trinajstić information content (AvgIpc) is 2.44. The van der Waals surface area contributed by atoms with E-state index in [0.717, 1.165) is 56.1 Å². The van der Waals surface area contributed by atoms with Gasteiger partial charge in [0, 0.05) is 5.56 Å². The van der Waals surface area contributed by atoms with Crippen molar-refractivity contribution in [3.05, 3.63) is 22.8 Å². The summed E-state index contributed by atoms with van der Waals surface area (Å²) in [5.41, 5.74) is 3.11. The number of hydrogen-bond donors (Lipinski definition) is 2. The second kappa shape index (κ2) is 8.89. The van der Waals surface area contributed by atoms with Gasteiger partial charge in [-0.3, -0.25) is 0 Å². The monoisotopic (exact) mass is 278 g/mol. The minimum atomic E-state index is 0.109. The van der Waals surface area contributed by atoms with Crippen LogP contribution in [0.15, 0.2) is 6.07 Å². The Labute approximate surface area is 123 Å². The molecule has 2 heteroatoms. The van der Waals surface area contributed by atoms with E-state index < -0.39 is 0 Å². The Balaban J connectivity index is 3.06. The number of benzene rings is 1. The van der Waals surface area contributed by atoms with Crippen LogP contribution in [-0.2, 0) is 19.3 Å². The van der Waals surface area contributed by atoms with Crippen LogP contribution in [0.3, 0.4) is 0 Å². The maximum Gasteiger partial charge on any atom is 0.161 e. The van der Waals surface area contributed by atoms with Crippen LogP contribution in [0.25, 0.3) is 0 Å². The third kappa shape index (κ3) is 4.43. The molecule has 0 saturated carbocycles. The molecule has 0 fully saturated rings. The fraction of sp³-hybridized carbons (Fsp3) is 0.667. The molecule has 1 rings (SSSR count). The highest BCUT2D eigenvalue weighted by molar-refractivity contribution is 5.54. The molecule has 0 saturated heterocycles. The molecule has 114 valence electrons. The van der Waals surface area contributed by atoms with Crippen LogP contribution >= 0.6 is 0 Å². The topological polar surface area (TPSA) is 40.5 Å². The van der Waals surface area contributed by atoms with Crippen LogP contribution in [0.2, 0.25) is 0 Å². The van der Waals surface area contributed by atoms with E-state index in [0.29, 0.717) is 0 Å². The van der Waals surface area contributed by atoms with Crippen molar-refractivity contribution in [2.75, 3.05) is 0 Å². The number of unbranched alkanes of at least 4 members (excludes halogenated alkanes) is 3. The van der Waals surface area contributed by atoms with Crippen molar-refractivity contribution < 1.29 is 10.2 Å². The second-order valence-electron chi connectivity index (χ2n) is 5.68. The van der Waals surface area contributed by atoms with E-state index in [4.69, 9.17) is 0 Å². The van der Waals surface area contributed by atoms with Crippen LogP contribution in [0.1, 0.15) is 76.0 Å². The fourth-order valence-electron chi connectivity index (χ4n) is 2.69. The van der Waals surface area contributed by atoms with Gasteiger partial charge in [0.15, 0.2) is 11.5 Å². The van der Waals surface area contributed by atoms with Crippen molar-refractivity contribution in [3.8, 4) is 11.5 Å². The van der Waals surface area contributed by atoms with Crippen molar-refractivity contribution in [1.82, 2.24) is 0 Å². The Hall–Kier alpha value is -1.18. The van der Waals surface area contributed by atoms with Gasteiger partial charge in [-0.15, -0.1) is 0 Å². The molecule has 20 heavy (non-hydrogen) atoms. The summed E-state index contributed by atoms with van der Waals surface area (Å²) in [6.07, 6.45) is 9.43. The molecule has 0 spiro atoms. The smallest absolute Gasteiger partial charge is 0.161 e. The number of aryl methyl sites for hydroxylation is 2. The third-order valence-corrected chi connectivity index (χ3v) is 3.90. The molecule has 0 heterocycles. The lowest BCUT2D eigenvalue weighted by molar-refractivity contribution is 0.393. The summed E-state index contributed by atoms with van der Waals surface area (Å²) < 4.78 is 0. The Morgan fingerprint density at radius 1 is 0.700 bits per heavy atom. The molecule has 0 unspecified atom stereocenters. The van der Waals surface area contributed by atoms with Crippen molar-refractivity contribution in [2.24, 2.45) is 0 Å². The molecule has 0 aliphatic heterocycles. The molecular weight excluding hydrogens is 248 g/mol. The number of phenols is 2. The summed E-state index contributed by atoms with van der Waals surface area (Å²) in [5, 5.41) is 20.5. The molecule has 0 aliphatic rings. The minimum Gasteiger partial charge on any atom is -0.504 e. The average molecular weight is 278 g/mol. The highest BCUT2D eigenvalue weighted by Crippen LogP contribution is 2.37. The Morgan fingerprint density at radius 3 is 2.00 bits per heavy atom. The van der Waals surface area contributed by atoms with Gasteiger partial charge in [-0.05, 0) is 43.2 Å². The summed E-state index contributed by atoms with van der Waals surface area (Å²) in [4.78, 5) is 0. The number of hydrogen-bond acceptors (Lipinski definition) is 2. The zero-order valence-corrected chi connectivity index (χ0v) is 13.3. The van der Waals surface area contributed by atoms with Crippen LogP contribution in [-0.4, -0.2) is 10.2 Å². The standard InChI is InChI=1S/C18H30O2/c1-4-7-9-11-14-13-15(10-6-3)17(19)18(20)16(14)12-8-5-2/h13,19-20H,4-12H2,1-3H3. The zero-order chi connectivity index (χ0) is 15.0. The van der Waals surface area contributed by atoms with Gasteiger partial charge in [-0.1, -0.05) is 52.5 Å². The lowest BCUT2D eigenvalue weighted by Crippen LogP contribution is -1.99. The number of rotatable bonds is 9. The minimum absolute atomic E-state index is 0.109. The third-order valence-electron chi connectivity index (χ3n) is 3.90. The lowest BCUT2D eigenvalue weighted by atomic mass is 9.92. The molecule has 0 amide bonds.